The number of carbonyl (C=O) groups is 1. The van der Waals surface area contributed by atoms with E-state index in [1.165, 1.54) is 4.90 Å². The van der Waals surface area contributed by atoms with E-state index in [1.54, 1.807) is 18.3 Å². The Morgan fingerprint density at radius 1 is 1.65 bits per heavy atom. The first kappa shape index (κ1) is 11.5. The molecule has 0 aromatic carbocycles. The highest BCUT2D eigenvalue weighted by atomic mass is 32.1. The first-order valence-electron chi connectivity index (χ1n) is 5.06. The van der Waals surface area contributed by atoms with Gasteiger partial charge < -0.3 is 9.88 Å². The van der Waals surface area contributed by atoms with E-state index in [0.29, 0.717) is 23.2 Å². The molecule has 88 valence electrons. The average molecular weight is 248 g/mol. The molecule has 0 radical (unpaired) electrons. The second kappa shape index (κ2) is 4.50. The molecule has 1 saturated heterocycles. The summed E-state index contributed by atoms with van der Waals surface area (Å²) < 4.78 is 1.82. The number of thiocarbonyl (C=S) groups is 1. The van der Waals surface area contributed by atoms with Crippen LogP contribution in [-0.4, -0.2) is 32.0 Å². The maximum Gasteiger partial charge on any atom is 0.276 e. The molecule has 0 unspecified atom stereocenters. The van der Waals surface area contributed by atoms with Gasteiger partial charge in [0.25, 0.3) is 5.91 Å². The van der Waals surface area contributed by atoms with Crippen molar-refractivity contribution in [3.05, 3.63) is 36.6 Å². The second-order valence-corrected chi connectivity index (χ2v) is 3.98. The predicted octanol–water partition coefficient (Wildman–Crippen LogP) is 0.664. The Bertz CT molecular complexity index is 517. The van der Waals surface area contributed by atoms with Crippen LogP contribution < -0.4 is 5.32 Å². The van der Waals surface area contributed by atoms with Crippen LogP contribution in [0.2, 0.25) is 0 Å². The van der Waals surface area contributed by atoms with E-state index in [1.807, 2.05) is 17.8 Å². The van der Waals surface area contributed by atoms with E-state index < -0.39 is 0 Å². The maximum atomic E-state index is 12.0. The highest BCUT2D eigenvalue weighted by molar-refractivity contribution is 7.80. The van der Waals surface area contributed by atoms with E-state index in [9.17, 15) is 4.79 Å². The van der Waals surface area contributed by atoms with Crippen LogP contribution >= 0.6 is 12.2 Å². The topological polar surface area (TPSA) is 50.2 Å². The molecule has 2 heterocycles. The van der Waals surface area contributed by atoms with Crippen molar-refractivity contribution in [1.29, 1.82) is 0 Å². The Morgan fingerprint density at radius 3 is 3.00 bits per heavy atom. The van der Waals surface area contributed by atoms with Gasteiger partial charge in [-0.3, -0.25) is 9.69 Å². The lowest BCUT2D eigenvalue weighted by Crippen LogP contribution is -2.30. The molecule has 6 heteroatoms. The number of nitrogens with zero attached hydrogens (tertiary/aromatic N) is 3. The van der Waals surface area contributed by atoms with Gasteiger partial charge in [0.05, 0.1) is 0 Å². The fourth-order valence-electron chi connectivity index (χ4n) is 1.51. The molecule has 17 heavy (non-hydrogen) atoms. The van der Waals surface area contributed by atoms with Crippen LogP contribution in [0.5, 0.6) is 0 Å². The summed E-state index contributed by atoms with van der Waals surface area (Å²) in [7, 11) is 1.86. The molecule has 1 aromatic heterocycles. The molecule has 1 amide bonds. The third kappa shape index (κ3) is 2.12. The number of hydrogen-bond donors (Lipinski definition) is 1. The lowest BCUT2D eigenvalue weighted by Gasteiger charge is -2.09. The Balaban J connectivity index is 2.28. The minimum Gasteiger partial charge on any atom is -0.334 e. The number of rotatable bonds is 3. The highest BCUT2D eigenvalue weighted by Gasteiger charge is 2.29. The molecule has 1 aliphatic rings. The number of aryl methyl sites for hydroxylation is 1. The molecule has 0 spiro atoms. The van der Waals surface area contributed by atoms with Crippen LogP contribution in [0.25, 0.3) is 6.08 Å². The van der Waals surface area contributed by atoms with Gasteiger partial charge in [0.1, 0.15) is 11.5 Å². The number of aromatic nitrogens is 2. The van der Waals surface area contributed by atoms with Crippen LogP contribution in [0.4, 0.5) is 0 Å². The smallest absolute Gasteiger partial charge is 0.276 e. The first-order chi connectivity index (χ1) is 8.13. The Kier molecular flexibility index (Phi) is 3.06. The highest BCUT2D eigenvalue weighted by Crippen LogP contribution is 2.12. The van der Waals surface area contributed by atoms with Crippen LogP contribution in [-0.2, 0) is 11.8 Å². The number of imidazole rings is 1. The van der Waals surface area contributed by atoms with Gasteiger partial charge in [0, 0.05) is 32.1 Å². The summed E-state index contributed by atoms with van der Waals surface area (Å²) in [5, 5.41) is 3.27. The number of amides is 1. The lowest BCUT2D eigenvalue weighted by molar-refractivity contribution is -0.122. The third-order valence-electron chi connectivity index (χ3n) is 2.41. The van der Waals surface area contributed by atoms with Crippen molar-refractivity contribution >= 4 is 29.3 Å². The average Bonchev–Trinajstić information content (AvgIpc) is 2.79. The van der Waals surface area contributed by atoms with Crippen LogP contribution in [0.1, 0.15) is 5.82 Å². The molecular weight excluding hydrogens is 236 g/mol. The molecule has 0 bridgehead atoms. The maximum absolute atomic E-state index is 12.0. The third-order valence-corrected chi connectivity index (χ3v) is 2.73. The van der Waals surface area contributed by atoms with Gasteiger partial charge in [-0.2, -0.15) is 0 Å². The zero-order valence-electron chi connectivity index (χ0n) is 9.38. The van der Waals surface area contributed by atoms with E-state index in [2.05, 4.69) is 16.9 Å². The van der Waals surface area contributed by atoms with Crippen LogP contribution in [0, 0.1) is 0 Å². The van der Waals surface area contributed by atoms with E-state index in [4.69, 9.17) is 12.2 Å². The summed E-state index contributed by atoms with van der Waals surface area (Å²) in [5.41, 5.74) is 0.436. The second-order valence-electron chi connectivity index (χ2n) is 3.59. The fourth-order valence-corrected chi connectivity index (χ4v) is 1.78. The summed E-state index contributed by atoms with van der Waals surface area (Å²) in [4.78, 5) is 17.5. The molecule has 1 aliphatic heterocycles. The number of nitrogens with one attached hydrogen (secondary N) is 1. The predicted molar refractivity (Wildman–Crippen MR) is 68.8 cm³/mol. The van der Waals surface area contributed by atoms with Crippen molar-refractivity contribution in [2.24, 2.45) is 7.05 Å². The summed E-state index contributed by atoms with van der Waals surface area (Å²) in [6, 6.07) is 0. The number of hydrogen-bond acceptors (Lipinski definition) is 3. The van der Waals surface area contributed by atoms with E-state index >= 15 is 0 Å². The van der Waals surface area contributed by atoms with Gasteiger partial charge in [-0.15, -0.1) is 6.58 Å². The zero-order valence-corrected chi connectivity index (χ0v) is 10.2. The SMILES string of the molecule is C=CCN1C(=O)/C(=C/c2nccn2C)NC1=S. The zero-order chi connectivity index (χ0) is 12.4. The summed E-state index contributed by atoms with van der Waals surface area (Å²) in [6.07, 6.45) is 6.80. The first-order valence-corrected chi connectivity index (χ1v) is 5.47. The lowest BCUT2D eigenvalue weighted by atomic mass is 10.3. The van der Waals surface area contributed by atoms with Crippen molar-refractivity contribution in [2.75, 3.05) is 6.54 Å². The van der Waals surface area contributed by atoms with Crippen molar-refractivity contribution < 1.29 is 4.79 Å². The van der Waals surface area contributed by atoms with Gasteiger partial charge >= 0.3 is 0 Å². The van der Waals surface area contributed by atoms with E-state index in [0.717, 1.165) is 0 Å². The normalized spacial score (nSPS) is 17.7. The van der Waals surface area contributed by atoms with Crippen molar-refractivity contribution in [3.63, 3.8) is 0 Å². The molecule has 0 saturated carbocycles. The number of carbonyl (C=O) groups excluding carboxylic acids is 1. The minimum atomic E-state index is -0.155. The molecule has 1 N–H and O–H groups in total. The van der Waals surface area contributed by atoms with Crippen LogP contribution in [0.15, 0.2) is 30.7 Å². The Hall–Kier alpha value is -1.95. The molecule has 0 aliphatic carbocycles. The summed E-state index contributed by atoms with van der Waals surface area (Å²) in [5.74, 6) is 0.544. The van der Waals surface area contributed by atoms with Gasteiger partial charge in [-0.1, -0.05) is 6.08 Å². The van der Waals surface area contributed by atoms with E-state index in [-0.39, 0.29) is 5.91 Å². The Labute approximate surface area is 104 Å². The largest absolute Gasteiger partial charge is 0.334 e. The summed E-state index contributed by atoms with van der Waals surface area (Å²) in [6.45, 7) is 4.00. The van der Waals surface area contributed by atoms with Gasteiger partial charge in [-0.25, -0.2) is 4.98 Å². The van der Waals surface area contributed by atoms with Gasteiger partial charge in [0.15, 0.2) is 5.11 Å². The van der Waals surface area contributed by atoms with Crippen LogP contribution in [0.3, 0.4) is 0 Å². The monoisotopic (exact) mass is 248 g/mol. The molecular formula is C11H12N4OS. The molecule has 1 fully saturated rings. The van der Waals surface area contributed by atoms with Gasteiger partial charge in [-0.05, 0) is 12.2 Å². The molecule has 5 nitrogen and oxygen atoms in total. The molecule has 0 atom stereocenters. The van der Waals surface area contributed by atoms with Crippen molar-refractivity contribution in [3.8, 4) is 0 Å². The summed E-state index contributed by atoms with van der Waals surface area (Å²) >= 11 is 5.07. The fraction of sp³-hybridized carbons (Fsp3) is 0.182. The standard InChI is InChI=1S/C11H12N4OS/c1-3-5-15-10(16)8(13-11(15)17)7-9-12-4-6-14(9)2/h3-4,6-7H,1,5H2,2H3,(H,13,17)/b8-7-. The minimum absolute atomic E-state index is 0.155. The van der Waals surface area contributed by atoms with Gasteiger partial charge in [0.2, 0.25) is 0 Å². The van der Waals surface area contributed by atoms with Crippen molar-refractivity contribution in [2.45, 2.75) is 0 Å². The quantitative estimate of drug-likeness (QED) is 0.485. The molecule has 2 rings (SSSR count). The van der Waals surface area contributed by atoms with Crippen molar-refractivity contribution in [1.82, 2.24) is 19.8 Å². The Morgan fingerprint density at radius 2 is 2.41 bits per heavy atom. The molecule has 1 aromatic rings.